The van der Waals surface area contributed by atoms with Gasteiger partial charge < -0.3 is 14.4 Å². The molecule has 2 aromatic carbocycles. The van der Waals surface area contributed by atoms with E-state index in [1.807, 2.05) is 29.2 Å². The van der Waals surface area contributed by atoms with Crippen molar-refractivity contribution in [2.45, 2.75) is 26.1 Å². The fourth-order valence-corrected chi connectivity index (χ4v) is 4.62. The third kappa shape index (κ3) is 6.67. The summed E-state index contributed by atoms with van der Waals surface area (Å²) in [6.45, 7) is 8.89. The molecular formula is C25H31ClFN3O3. The molecule has 4 rings (SSSR count). The lowest BCUT2D eigenvalue weighted by atomic mass is 10.1. The number of hydrogen-bond acceptors (Lipinski definition) is 5. The van der Waals surface area contributed by atoms with E-state index in [-0.39, 0.29) is 24.4 Å². The van der Waals surface area contributed by atoms with E-state index >= 15 is 0 Å². The van der Waals surface area contributed by atoms with Crippen LogP contribution in [0.15, 0.2) is 42.5 Å². The van der Waals surface area contributed by atoms with Crippen molar-refractivity contribution in [3.8, 4) is 5.75 Å². The molecule has 0 bridgehead atoms. The van der Waals surface area contributed by atoms with Crippen molar-refractivity contribution in [1.82, 2.24) is 14.7 Å². The Morgan fingerprint density at radius 3 is 2.55 bits per heavy atom. The number of benzene rings is 2. The summed E-state index contributed by atoms with van der Waals surface area (Å²) in [5, 5.41) is 0.655. The van der Waals surface area contributed by atoms with Crippen molar-refractivity contribution in [2.24, 2.45) is 0 Å². The van der Waals surface area contributed by atoms with E-state index in [2.05, 4.69) is 16.7 Å². The molecule has 33 heavy (non-hydrogen) atoms. The predicted molar refractivity (Wildman–Crippen MR) is 126 cm³/mol. The van der Waals surface area contributed by atoms with E-state index in [4.69, 9.17) is 21.1 Å². The van der Waals surface area contributed by atoms with Crippen LogP contribution in [0.2, 0.25) is 5.02 Å². The van der Waals surface area contributed by atoms with Gasteiger partial charge in [0.2, 0.25) is 0 Å². The molecule has 2 aromatic rings. The van der Waals surface area contributed by atoms with Crippen molar-refractivity contribution < 1.29 is 18.7 Å². The van der Waals surface area contributed by atoms with E-state index in [9.17, 15) is 9.18 Å². The number of halogens is 2. The first-order chi connectivity index (χ1) is 16.0. The summed E-state index contributed by atoms with van der Waals surface area (Å²) in [6.07, 6.45) is 0. The monoisotopic (exact) mass is 475 g/mol. The van der Waals surface area contributed by atoms with Gasteiger partial charge in [-0.05, 0) is 42.8 Å². The molecule has 1 atom stereocenters. The van der Waals surface area contributed by atoms with E-state index in [1.54, 1.807) is 6.07 Å². The topological polar surface area (TPSA) is 45.2 Å². The van der Waals surface area contributed by atoms with E-state index in [0.29, 0.717) is 23.9 Å². The number of piperazine rings is 1. The lowest BCUT2D eigenvalue weighted by Gasteiger charge is -2.40. The number of carbonyl (C=O) groups is 1. The maximum absolute atomic E-state index is 13.1. The summed E-state index contributed by atoms with van der Waals surface area (Å²) in [6, 6.07) is 12.2. The van der Waals surface area contributed by atoms with Crippen LogP contribution in [0, 0.1) is 5.82 Å². The highest BCUT2D eigenvalue weighted by Crippen LogP contribution is 2.25. The van der Waals surface area contributed by atoms with Gasteiger partial charge in [0.15, 0.2) is 6.61 Å². The van der Waals surface area contributed by atoms with Crippen LogP contribution in [0.3, 0.4) is 0 Å². The standard InChI is InChI=1S/C25H31ClFN3O3/c1-19-15-29(16-20-2-5-23(27)6-3-20)8-9-30(19)25(31)18-33-24-7-4-22(26)14-21(24)17-28-10-12-32-13-11-28/h2-7,14,19H,8-13,15-18H2,1H3. The molecule has 0 aliphatic carbocycles. The van der Waals surface area contributed by atoms with Crippen molar-refractivity contribution in [3.05, 3.63) is 64.4 Å². The smallest absolute Gasteiger partial charge is 0.260 e. The lowest BCUT2D eigenvalue weighted by Crippen LogP contribution is -2.54. The predicted octanol–water partition coefficient (Wildman–Crippen LogP) is 3.42. The Labute approximate surface area is 199 Å². The van der Waals surface area contributed by atoms with Crippen molar-refractivity contribution in [2.75, 3.05) is 52.5 Å². The Bertz CT molecular complexity index is 937. The number of ether oxygens (including phenoxy) is 2. The van der Waals surface area contributed by atoms with Crippen LogP contribution in [0.5, 0.6) is 5.75 Å². The molecule has 8 heteroatoms. The van der Waals surface area contributed by atoms with Gasteiger partial charge in [0.25, 0.3) is 5.91 Å². The molecular weight excluding hydrogens is 445 g/mol. The average molecular weight is 476 g/mol. The van der Waals surface area contributed by atoms with Crippen LogP contribution in [0.4, 0.5) is 4.39 Å². The molecule has 0 aromatic heterocycles. The maximum atomic E-state index is 13.1. The fourth-order valence-electron chi connectivity index (χ4n) is 4.43. The Hall–Kier alpha value is -2.19. The molecule has 0 N–H and O–H groups in total. The number of morpholine rings is 1. The largest absolute Gasteiger partial charge is 0.483 e. The van der Waals surface area contributed by atoms with E-state index in [0.717, 1.165) is 57.1 Å². The molecule has 1 unspecified atom stereocenters. The summed E-state index contributed by atoms with van der Waals surface area (Å²) in [4.78, 5) is 19.4. The fraction of sp³-hybridized carbons (Fsp3) is 0.480. The van der Waals surface area contributed by atoms with Crippen LogP contribution in [0.25, 0.3) is 0 Å². The SMILES string of the molecule is CC1CN(Cc2ccc(F)cc2)CCN1C(=O)COc1ccc(Cl)cc1CN1CCOCC1. The molecule has 178 valence electrons. The minimum absolute atomic E-state index is 0.0000453. The highest BCUT2D eigenvalue weighted by atomic mass is 35.5. The zero-order valence-corrected chi connectivity index (χ0v) is 19.8. The highest BCUT2D eigenvalue weighted by Gasteiger charge is 2.28. The zero-order chi connectivity index (χ0) is 23.2. The van der Waals surface area contributed by atoms with Gasteiger partial charge in [-0.3, -0.25) is 14.6 Å². The number of carbonyl (C=O) groups excluding carboxylic acids is 1. The van der Waals surface area contributed by atoms with Crippen LogP contribution in [0.1, 0.15) is 18.1 Å². The maximum Gasteiger partial charge on any atom is 0.260 e. The molecule has 2 heterocycles. The molecule has 0 spiro atoms. The van der Waals surface area contributed by atoms with Gasteiger partial charge in [0.1, 0.15) is 11.6 Å². The first-order valence-electron chi connectivity index (χ1n) is 11.5. The second-order valence-corrected chi connectivity index (χ2v) is 9.16. The number of rotatable bonds is 7. The normalized spacial score (nSPS) is 20.1. The third-order valence-electron chi connectivity index (χ3n) is 6.22. The molecule has 6 nitrogen and oxygen atoms in total. The Morgan fingerprint density at radius 1 is 1.06 bits per heavy atom. The minimum atomic E-state index is -0.226. The van der Waals surface area contributed by atoms with Gasteiger partial charge in [-0.1, -0.05) is 23.7 Å². The van der Waals surface area contributed by atoms with Crippen molar-refractivity contribution >= 4 is 17.5 Å². The number of hydrogen-bond donors (Lipinski definition) is 0. The summed E-state index contributed by atoms with van der Waals surface area (Å²) >= 11 is 6.22. The summed E-state index contributed by atoms with van der Waals surface area (Å²) < 4.78 is 24.5. The molecule has 2 fully saturated rings. The van der Waals surface area contributed by atoms with Gasteiger partial charge >= 0.3 is 0 Å². The highest BCUT2D eigenvalue weighted by molar-refractivity contribution is 6.30. The van der Waals surface area contributed by atoms with Gasteiger partial charge in [-0.15, -0.1) is 0 Å². The Balaban J connectivity index is 1.30. The minimum Gasteiger partial charge on any atom is -0.483 e. The molecule has 2 aliphatic heterocycles. The zero-order valence-electron chi connectivity index (χ0n) is 19.0. The average Bonchev–Trinajstić information content (AvgIpc) is 2.81. The van der Waals surface area contributed by atoms with E-state index < -0.39 is 0 Å². The van der Waals surface area contributed by atoms with Gasteiger partial charge in [-0.25, -0.2) is 4.39 Å². The lowest BCUT2D eigenvalue weighted by molar-refractivity contribution is -0.138. The molecule has 1 amide bonds. The summed E-state index contributed by atoms with van der Waals surface area (Å²) in [7, 11) is 0. The van der Waals surface area contributed by atoms with Crippen LogP contribution < -0.4 is 4.74 Å². The first kappa shape index (κ1) is 24.0. The second kappa shape index (κ2) is 11.3. The van der Waals surface area contributed by atoms with Crippen LogP contribution >= 0.6 is 11.6 Å². The Kier molecular flexibility index (Phi) is 8.20. The van der Waals surface area contributed by atoms with Gasteiger partial charge in [0, 0.05) is 62.4 Å². The van der Waals surface area contributed by atoms with Crippen LogP contribution in [-0.2, 0) is 22.6 Å². The summed E-state index contributed by atoms with van der Waals surface area (Å²) in [5.41, 5.74) is 2.05. The number of amides is 1. The Morgan fingerprint density at radius 2 is 1.82 bits per heavy atom. The van der Waals surface area contributed by atoms with Crippen molar-refractivity contribution in [3.63, 3.8) is 0 Å². The number of nitrogens with zero attached hydrogens (tertiary/aromatic N) is 3. The molecule has 0 radical (unpaired) electrons. The van der Waals surface area contributed by atoms with Crippen LogP contribution in [-0.4, -0.2) is 79.2 Å². The van der Waals surface area contributed by atoms with E-state index in [1.165, 1.54) is 12.1 Å². The molecule has 2 aliphatic rings. The van der Waals surface area contributed by atoms with Gasteiger partial charge in [0.05, 0.1) is 13.2 Å². The molecule has 0 saturated carbocycles. The molecule has 2 saturated heterocycles. The van der Waals surface area contributed by atoms with Gasteiger partial charge in [-0.2, -0.15) is 0 Å². The second-order valence-electron chi connectivity index (χ2n) is 8.73. The third-order valence-corrected chi connectivity index (χ3v) is 6.46. The van der Waals surface area contributed by atoms with Crippen molar-refractivity contribution in [1.29, 1.82) is 0 Å². The summed E-state index contributed by atoms with van der Waals surface area (Å²) in [5.74, 6) is 0.453. The first-order valence-corrected chi connectivity index (χ1v) is 11.8. The quantitative estimate of drug-likeness (QED) is 0.614.